The van der Waals surface area contributed by atoms with Gasteiger partial charge in [-0.3, -0.25) is 19.2 Å². The molecule has 0 saturated carbocycles. The molecule has 6 rings (SSSR count). The molecule has 0 aliphatic carbocycles. The normalized spacial score (nSPS) is 29.9. The second kappa shape index (κ2) is 13.7. The van der Waals surface area contributed by atoms with Crippen LogP contribution in [0.2, 0.25) is 0 Å². The van der Waals surface area contributed by atoms with Gasteiger partial charge in [0.1, 0.15) is 23.7 Å². The highest BCUT2D eigenvalue weighted by Gasteiger charge is 2.71. The van der Waals surface area contributed by atoms with Gasteiger partial charge in [-0.05, 0) is 50.1 Å². The highest BCUT2D eigenvalue weighted by atomic mass is 16.6. The Hall–Kier alpha value is -4.48. The van der Waals surface area contributed by atoms with Crippen LogP contribution in [0.3, 0.4) is 0 Å². The number of rotatable bonds is 7. The van der Waals surface area contributed by atoms with E-state index in [1.807, 2.05) is 60.7 Å². The van der Waals surface area contributed by atoms with Crippen molar-refractivity contribution in [2.24, 2.45) is 11.8 Å². The van der Waals surface area contributed by atoms with Crippen molar-refractivity contribution < 1.29 is 33.8 Å². The number of amides is 3. The van der Waals surface area contributed by atoms with Crippen molar-refractivity contribution in [3.63, 3.8) is 0 Å². The summed E-state index contributed by atoms with van der Waals surface area (Å²) in [5, 5.41) is 12.9. The molecule has 4 aliphatic rings. The van der Waals surface area contributed by atoms with E-state index in [0.29, 0.717) is 17.7 Å². The van der Waals surface area contributed by atoms with E-state index in [4.69, 9.17) is 9.47 Å². The fourth-order valence-electron chi connectivity index (χ4n) is 7.42. The lowest BCUT2D eigenvalue weighted by Crippen LogP contribution is -2.55. The molecule has 11 heteroatoms. The Bertz CT molecular complexity index is 1540. The van der Waals surface area contributed by atoms with Gasteiger partial charge in [-0.15, -0.1) is 0 Å². The van der Waals surface area contributed by atoms with Crippen LogP contribution in [0.15, 0.2) is 78.9 Å². The van der Waals surface area contributed by atoms with Gasteiger partial charge in [0.05, 0.1) is 25.2 Å². The molecule has 4 heterocycles. The number of cyclic esters (lactones) is 1. The molecule has 3 amide bonds. The Morgan fingerprint density at radius 1 is 0.979 bits per heavy atom. The van der Waals surface area contributed by atoms with E-state index in [0.717, 1.165) is 18.8 Å². The number of ether oxygens (including phenoxy) is 2. The first-order chi connectivity index (χ1) is 22.8. The molecule has 248 valence electrons. The topological polar surface area (TPSA) is 129 Å². The highest BCUT2D eigenvalue weighted by molar-refractivity contribution is 6.05. The number of esters is 1. The maximum atomic E-state index is 14.6. The molecule has 47 heavy (non-hydrogen) atoms. The summed E-state index contributed by atoms with van der Waals surface area (Å²) in [5.74, 6) is -3.78. The molecule has 2 fully saturated rings. The summed E-state index contributed by atoms with van der Waals surface area (Å²) in [4.78, 5) is 60.8. The number of β-amino-alcohol motifs (C(OH)–C–C–N with tert-alkyl or cyclic N) is 1. The minimum Gasteiger partial charge on any atom is -0.455 e. The third kappa shape index (κ3) is 5.94. The van der Waals surface area contributed by atoms with Crippen molar-refractivity contribution in [3.8, 4) is 0 Å². The van der Waals surface area contributed by atoms with Crippen molar-refractivity contribution in [2.45, 2.75) is 50.5 Å². The summed E-state index contributed by atoms with van der Waals surface area (Å²) in [6, 6.07) is 15.7. The Morgan fingerprint density at radius 2 is 1.72 bits per heavy atom. The number of benzene rings is 2. The van der Waals surface area contributed by atoms with Crippen LogP contribution >= 0.6 is 0 Å². The second-order valence-electron chi connectivity index (χ2n) is 12.2. The molecule has 0 unspecified atom stereocenters. The lowest BCUT2D eigenvalue weighted by Gasteiger charge is -2.35. The molecule has 2 aromatic rings. The summed E-state index contributed by atoms with van der Waals surface area (Å²) in [5.41, 5.74) is 0.924. The highest BCUT2D eigenvalue weighted by Crippen LogP contribution is 2.53. The van der Waals surface area contributed by atoms with Crippen LogP contribution in [0, 0.1) is 11.8 Å². The van der Waals surface area contributed by atoms with E-state index in [1.165, 1.54) is 4.90 Å². The quantitative estimate of drug-likeness (QED) is 0.349. The number of allylic oxidation sites excluding steroid dienone is 1. The number of anilines is 2. The van der Waals surface area contributed by atoms with Crippen molar-refractivity contribution in [1.29, 1.82) is 0 Å². The zero-order valence-corrected chi connectivity index (χ0v) is 26.8. The molecule has 0 bridgehead atoms. The smallest absolute Gasteiger partial charge is 0.313 e. The average Bonchev–Trinajstić information content (AvgIpc) is 3.46. The molecule has 0 aromatic heterocycles. The van der Waals surface area contributed by atoms with Gasteiger partial charge in [-0.1, -0.05) is 54.6 Å². The number of hydrogen-bond donors (Lipinski definition) is 2. The third-order valence-corrected chi connectivity index (χ3v) is 9.68. The average molecular weight is 643 g/mol. The predicted octanol–water partition coefficient (Wildman–Crippen LogP) is 2.76. The van der Waals surface area contributed by atoms with E-state index in [-0.39, 0.29) is 44.5 Å². The predicted molar refractivity (Wildman–Crippen MR) is 175 cm³/mol. The zero-order valence-electron chi connectivity index (χ0n) is 26.8. The second-order valence-corrected chi connectivity index (χ2v) is 12.2. The summed E-state index contributed by atoms with van der Waals surface area (Å²) in [7, 11) is 0. The van der Waals surface area contributed by atoms with Gasteiger partial charge in [0.2, 0.25) is 11.8 Å². The number of likely N-dealkylation sites (tertiary alicyclic amines) is 1. The van der Waals surface area contributed by atoms with E-state index in [1.54, 1.807) is 23.1 Å². The van der Waals surface area contributed by atoms with E-state index >= 15 is 0 Å². The van der Waals surface area contributed by atoms with Crippen LogP contribution in [-0.4, -0.2) is 90.8 Å². The lowest BCUT2D eigenvalue weighted by atomic mass is 9.78. The number of carbonyl (C=O) groups excluding carboxylic acids is 4. The van der Waals surface area contributed by atoms with Crippen LogP contribution in [0.5, 0.6) is 0 Å². The molecular weight excluding hydrogens is 600 g/mol. The molecule has 6 atom stereocenters. The maximum Gasteiger partial charge on any atom is 0.313 e. The molecular formula is C36H42N4O7. The Balaban J connectivity index is 1.38. The number of aliphatic hydroxyl groups is 1. The van der Waals surface area contributed by atoms with E-state index < -0.39 is 47.6 Å². The van der Waals surface area contributed by atoms with Crippen LogP contribution in [0.1, 0.15) is 38.4 Å². The first-order valence-electron chi connectivity index (χ1n) is 16.4. The van der Waals surface area contributed by atoms with Crippen LogP contribution in [0.25, 0.3) is 0 Å². The van der Waals surface area contributed by atoms with Crippen LogP contribution in [-0.2, 0) is 28.7 Å². The SMILES string of the molecule is CCN(CC)c1ccc(N2CC=C[C@]34O[C@@H]5/C=C\CCC(=O)NC[C@@H](c6ccccc6)OC(=O)[C@@H]5[C@H]3C(=O)N(CCO)[C@@H]4C2=O)cc1. The van der Waals surface area contributed by atoms with E-state index in [9.17, 15) is 24.3 Å². The first kappa shape index (κ1) is 32.5. The van der Waals surface area contributed by atoms with Gasteiger partial charge in [-0.2, -0.15) is 0 Å². The molecule has 11 nitrogen and oxygen atoms in total. The lowest BCUT2D eigenvalue weighted by molar-refractivity contribution is -0.159. The van der Waals surface area contributed by atoms with Gasteiger partial charge in [0, 0.05) is 44.0 Å². The third-order valence-electron chi connectivity index (χ3n) is 9.68. The molecule has 0 radical (unpaired) electrons. The standard InChI is InChI=1S/C36H42N4O7/c1-3-38(4-2)25-15-17-26(18-16-25)39-20-10-19-36-31(33(43)40(21-22-41)32(36)34(39)44)30-27(47-36)13-8-9-14-29(42)37-23-28(46-35(30)45)24-11-6-5-7-12-24/h5-8,10-13,15-19,27-28,30-32,41H,3-4,9,14,20-23H2,1-2H3,(H,37,42)/b13-8-/t27-,28+,30+,31+,32-,36+/m1/s1. The Labute approximate surface area is 274 Å². The number of nitrogens with one attached hydrogen (secondary N) is 1. The number of hydrogen-bond acceptors (Lipinski definition) is 8. The fraction of sp³-hybridized carbons (Fsp3) is 0.444. The summed E-state index contributed by atoms with van der Waals surface area (Å²) in [6.07, 6.45) is 6.00. The summed E-state index contributed by atoms with van der Waals surface area (Å²) < 4.78 is 12.8. The first-order valence-corrected chi connectivity index (χ1v) is 16.4. The maximum absolute atomic E-state index is 14.6. The van der Waals surface area contributed by atoms with E-state index in [2.05, 4.69) is 24.1 Å². The van der Waals surface area contributed by atoms with Crippen molar-refractivity contribution in [3.05, 3.63) is 84.5 Å². The fourth-order valence-corrected chi connectivity index (χ4v) is 7.42. The number of nitrogens with zero attached hydrogens (tertiary/aromatic N) is 3. The number of carbonyl (C=O) groups is 4. The Morgan fingerprint density at radius 3 is 2.43 bits per heavy atom. The van der Waals surface area contributed by atoms with Crippen molar-refractivity contribution in [2.75, 3.05) is 49.1 Å². The summed E-state index contributed by atoms with van der Waals surface area (Å²) >= 11 is 0. The van der Waals surface area contributed by atoms with Gasteiger partial charge < -0.3 is 34.6 Å². The van der Waals surface area contributed by atoms with Crippen LogP contribution < -0.4 is 15.1 Å². The Kier molecular flexibility index (Phi) is 9.47. The largest absolute Gasteiger partial charge is 0.455 e. The minimum absolute atomic E-state index is 0.0694. The molecule has 2 saturated heterocycles. The van der Waals surface area contributed by atoms with Crippen molar-refractivity contribution in [1.82, 2.24) is 10.2 Å². The summed E-state index contributed by atoms with van der Waals surface area (Å²) in [6.45, 7) is 5.71. The molecule has 4 aliphatic heterocycles. The van der Waals surface area contributed by atoms with Gasteiger partial charge in [0.25, 0.3) is 5.91 Å². The van der Waals surface area contributed by atoms with Gasteiger partial charge in [-0.25, -0.2) is 0 Å². The van der Waals surface area contributed by atoms with Crippen LogP contribution in [0.4, 0.5) is 11.4 Å². The van der Waals surface area contributed by atoms with Gasteiger partial charge in [0.15, 0.2) is 0 Å². The molecule has 2 aromatic carbocycles. The van der Waals surface area contributed by atoms with Crippen molar-refractivity contribution >= 4 is 35.1 Å². The minimum atomic E-state index is -1.48. The molecule has 1 spiro atoms. The zero-order chi connectivity index (χ0) is 33.1. The number of fused-ring (bicyclic) bond motifs is 2. The number of aliphatic hydroxyl groups excluding tert-OH is 1. The monoisotopic (exact) mass is 642 g/mol. The van der Waals surface area contributed by atoms with Gasteiger partial charge >= 0.3 is 5.97 Å². The molecule has 2 N–H and O–H groups in total.